The van der Waals surface area contributed by atoms with E-state index < -0.39 is 17.7 Å². The van der Waals surface area contributed by atoms with E-state index in [2.05, 4.69) is 11.9 Å². The number of ether oxygens (including phenoxy) is 2. The van der Waals surface area contributed by atoms with Crippen LogP contribution in [0.5, 0.6) is 5.75 Å². The number of carbonyl (C=O) groups is 2. The fourth-order valence-corrected chi connectivity index (χ4v) is 3.63. The molecule has 1 amide bonds. The minimum absolute atomic E-state index is 0.0492. The predicted molar refractivity (Wildman–Crippen MR) is 117 cm³/mol. The summed E-state index contributed by atoms with van der Waals surface area (Å²) in [7, 11) is 1.53. The number of carbonyl (C=O) groups excluding carboxylic acids is 2. The molecule has 3 rings (SSSR count). The Morgan fingerprint density at radius 3 is 2.68 bits per heavy atom. The monoisotopic (exact) mass is 424 g/mol. The Morgan fingerprint density at radius 1 is 1.23 bits per heavy atom. The third-order valence-corrected chi connectivity index (χ3v) is 5.28. The number of rotatable bonds is 9. The number of methoxy groups -OCH3 is 1. The molecule has 7 heteroatoms. The first-order chi connectivity index (χ1) is 15.0. The van der Waals surface area contributed by atoms with Crippen LogP contribution >= 0.6 is 0 Å². The lowest BCUT2D eigenvalue weighted by Gasteiger charge is -2.24. The van der Waals surface area contributed by atoms with Crippen LogP contribution in [0.1, 0.15) is 42.5 Å². The summed E-state index contributed by atoms with van der Waals surface area (Å²) in [6.45, 7) is 5.09. The molecule has 0 spiro atoms. The van der Waals surface area contributed by atoms with Crippen molar-refractivity contribution >= 4 is 17.4 Å². The van der Waals surface area contributed by atoms with Crippen LogP contribution in [-0.2, 0) is 14.3 Å². The molecule has 1 aliphatic rings. The number of likely N-dealkylation sites (tertiary alicyclic amines) is 1. The lowest BCUT2D eigenvalue weighted by Crippen LogP contribution is -2.32. The van der Waals surface area contributed by atoms with Gasteiger partial charge in [0.25, 0.3) is 11.7 Å². The first kappa shape index (κ1) is 22.5. The van der Waals surface area contributed by atoms with Crippen molar-refractivity contribution in [3.63, 3.8) is 0 Å². The number of aliphatic hydroxyl groups is 1. The van der Waals surface area contributed by atoms with Crippen molar-refractivity contribution in [3.05, 3.63) is 65.0 Å². The normalized spacial score (nSPS) is 17.9. The standard InChI is InChI=1S/C24H28N2O5/c1-4-5-12-31-19-9-8-17(14-16(19)2)22(27)20-21(18-7-6-10-25-15-18)26(11-13-30-3)24(29)23(20)28/h6-10,14-15,21,27H,4-5,11-13H2,1-3H3/t21-/m0/s1. The largest absolute Gasteiger partial charge is 0.507 e. The number of aryl methyl sites for hydroxylation is 1. The van der Waals surface area contributed by atoms with E-state index in [1.165, 1.54) is 12.0 Å². The summed E-state index contributed by atoms with van der Waals surface area (Å²) >= 11 is 0. The van der Waals surface area contributed by atoms with Crippen molar-refractivity contribution in [2.24, 2.45) is 0 Å². The predicted octanol–water partition coefficient (Wildman–Crippen LogP) is 3.64. The zero-order valence-corrected chi connectivity index (χ0v) is 18.1. The van der Waals surface area contributed by atoms with E-state index >= 15 is 0 Å². The molecule has 1 aliphatic heterocycles. The molecule has 1 atom stereocenters. The van der Waals surface area contributed by atoms with Crippen LogP contribution in [0.25, 0.3) is 5.76 Å². The number of unbranched alkanes of at least 4 members (excludes halogenated alkanes) is 1. The minimum atomic E-state index is -0.732. The summed E-state index contributed by atoms with van der Waals surface area (Å²) in [5.41, 5.74) is 1.99. The number of benzene rings is 1. The van der Waals surface area contributed by atoms with Gasteiger partial charge in [0.05, 0.1) is 24.8 Å². The first-order valence-corrected chi connectivity index (χ1v) is 10.4. The van der Waals surface area contributed by atoms with Crippen molar-refractivity contribution < 1.29 is 24.2 Å². The van der Waals surface area contributed by atoms with Crippen LogP contribution in [0.3, 0.4) is 0 Å². The van der Waals surface area contributed by atoms with Gasteiger partial charge in [-0.3, -0.25) is 14.6 Å². The average Bonchev–Trinajstić information content (AvgIpc) is 3.03. The number of hydrogen-bond acceptors (Lipinski definition) is 6. The summed E-state index contributed by atoms with van der Waals surface area (Å²) in [5, 5.41) is 11.1. The van der Waals surface area contributed by atoms with Crippen LogP contribution in [-0.4, -0.2) is 53.5 Å². The van der Waals surface area contributed by atoms with Gasteiger partial charge in [-0.1, -0.05) is 19.4 Å². The molecule has 1 aromatic heterocycles. The van der Waals surface area contributed by atoms with Gasteiger partial charge in [0, 0.05) is 31.6 Å². The number of aliphatic hydroxyl groups excluding tert-OH is 1. The summed E-state index contributed by atoms with van der Waals surface area (Å²) in [5.74, 6) is -0.864. The number of pyridine rings is 1. The van der Waals surface area contributed by atoms with E-state index in [0.717, 1.165) is 24.2 Å². The molecule has 164 valence electrons. The summed E-state index contributed by atoms with van der Waals surface area (Å²) in [6, 6.07) is 8.03. The van der Waals surface area contributed by atoms with Crippen molar-refractivity contribution in [3.8, 4) is 5.75 Å². The summed E-state index contributed by atoms with van der Waals surface area (Å²) in [4.78, 5) is 31.2. The van der Waals surface area contributed by atoms with E-state index in [1.54, 1.807) is 42.7 Å². The maximum atomic E-state index is 12.9. The number of hydrogen-bond donors (Lipinski definition) is 1. The average molecular weight is 424 g/mol. The van der Waals surface area contributed by atoms with Gasteiger partial charge in [-0.05, 0) is 48.7 Å². The molecule has 1 N–H and O–H groups in total. The van der Waals surface area contributed by atoms with Crippen LogP contribution < -0.4 is 4.74 Å². The number of nitrogens with zero attached hydrogens (tertiary/aromatic N) is 2. The lowest BCUT2D eigenvalue weighted by atomic mass is 9.95. The topological polar surface area (TPSA) is 89.0 Å². The Kier molecular flexibility index (Phi) is 7.41. The van der Waals surface area contributed by atoms with Gasteiger partial charge >= 0.3 is 0 Å². The SMILES string of the molecule is CCCCOc1ccc(C(O)=C2C(=O)C(=O)N(CCOC)[C@H]2c2cccnc2)cc1C. The highest BCUT2D eigenvalue weighted by atomic mass is 16.5. The zero-order valence-electron chi connectivity index (χ0n) is 18.1. The van der Waals surface area contributed by atoms with Gasteiger partial charge < -0.3 is 19.5 Å². The molecular formula is C24H28N2O5. The molecular weight excluding hydrogens is 396 g/mol. The summed E-state index contributed by atoms with van der Waals surface area (Å²) in [6.07, 6.45) is 5.21. The van der Waals surface area contributed by atoms with Crippen molar-refractivity contribution in [1.82, 2.24) is 9.88 Å². The lowest BCUT2D eigenvalue weighted by molar-refractivity contribution is -0.140. The van der Waals surface area contributed by atoms with Gasteiger partial charge in [0.15, 0.2) is 0 Å². The van der Waals surface area contributed by atoms with E-state index in [-0.39, 0.29) is 24.5 Å². The third kappa shape index (κ3) is 4.77. The molecule has 0 bridgehead atoms. The second-order valence-electron chi connectivity index (χ2n) is 7.45. The molecule has 0 unspecified atom stereocenters. The molecule has 1 fully saturated rings. The van der Waals surface area contributed by atoms with Crippen molar-refractivity contribution in [2.45, 2.75) is 32.7 Å². The fourth-order valence-electron chi connectivity index (χ4n) is 3.63. The smallest absolute Gasteiger partial charge is 0.295 e. The Bertz CT molecular complexity index is 971. The molecule has 7 nitrogen and oxygen atoms in total. The molecule has 31 heavy (non-hydrogen) atoms. The van der Waals surface area contributed by atoms with Gasteiger partial charge in [0.1, 0.15) is 11.5 Å². The molecule has 0 aliphatic carbocycles. The van der Waals surface area contributed by atoms with Crippen molar-refractivity contribution in [2.75, 3.05) is 26.9 Å². The van der Waals surface area contributed by atoms with Crippen LogP contribution in [0.4, 0.5) is 0 Å². The maximum Gasteiger partial charge on any atom is 0.295 e. The molecule has 0 saturated carbocycles. The molecule has 1 saturated heterocycles. The van der Waals surface area contributed by atoms with Crippen molar-refractivity contribution in [1.29, 1.82) is 0 Å². The van der Waals surface area contributed by atoms with Gasteiger partial charge in [0.2, 0.25) is 0 Å². The Balaban J connectivity index is 2.03. The molecule has 1 aromatic carbocycles. The fraction of sp³-hybridized carbons (Fsp3) is 0.375. The first-order valence-electron chi connectivity index (χ1n) is 10.4. The minimum Gasteiger partial charge on any atom is -0.507 e. The highest BCUT2D eigenvalue weighted by Gasteiger charge is 2.46. The number of aromatic nitrogens is 1. The zero-order chi connectivity index (χ0) is 22.4. The van der Waals surface area contributed by atoms with E-state index in [4.69, 9.17) is 9.47 Å². The molecule has 0 radical (unpaired) electrons. The number of Topliss-reactive ketones (excluding diaryl/α,β-unsaturated/α-hetero) is 1. The Morgan fingerprint density at radius 2 is 2.03 bits per heavy atom. The van der Waals surface area contributed by atoms with Crippen LogP contribution in [0, 0.1) is 6.92 Å². The van der Waals surface area contributed by atoms with E-state index in [0.29, 0.717) is 17.7 Å². The highest BCUT2D eigenvalue weighted by Crippen LogP contribution is 2.39. The van der Waals surface area contributed by atoms with E-state index in [1.807, 2.05) is 6.92 Å². The number of ketones is 1. The van der Waals surface area contributed by atoms with Gasteiger partial charge in [-0.2, -0.15) is 0 Å². The second kappa shape index (κ2) is 10.2. The Hall–Kier alpha value is -3.19. The van der Waals surface area contributed by atoms with E-state index in [9.17, 15) is 14.7 Å². The van der Waals surface area contributed by atoms with Crippen LogP contribution in [0.2, 0.25) is 0 Å². The second-order valence-corrected chi connectivity index (χ2v) is 7.45. The quantitative estimate of drug-likeness (QED) is 0.286. The molecule has 2 aromatic rings. The Labute approximate surface area is 182 Å². The highest BCUT2D eigenvalue weighted by molar-refractivity contribution is 6.46. The van der Waals surface area contributed by atoms with Crippen LogP contribution in [0.15, 0.2) is 48.3 Å². The van der Waals surface area contributed by atoms with Gasteiger partial charge in [-0.25, -0.2) is 0 Å². The summed E-state index contributed by atoms with van der Waals surface area (Å²) < 4.78 is 10.9. The maximum absolute atomic E-state index is 12.9. The number of amides is 1. The molecule has 2 heterocycles. The van der Waals surface area contributed by atoms with Gasteiger partial charge in [-0.15, -0.1) is 0 Å². The third-order valence-electron chi connectivity index (χ3n) is 5.28.